The number of thiazole rings is 2. The molecule has 2 unspecified atom stereocenters. The lowest BCUT2D eigenvalue weighted by Gasteiger charge is -2.39. The molecule has 10 rings (SSSR count). The minimum atomic E-state index is -0.525. The van der Waals surface area contributed by atoms with E-state index in [2.05, 4.69) is 61.9 Å². The molecule has 8 aromatic rings. The van der Waals surface area contributed by atoms with Crippen LogP contribution in [0.4, 0.5) is 36.3 Å². The number of piperidine rings is 2. The second-order valence-electron chi connectivity index (χ2n) is 16.6. The molecule has 2 aromatic carbocycles. The number of fused-ring (bicyclic) bond motifs is 4. The molecule has 8 heterocycles. The highest BCUT2D eigenvalue weighted by Crippen LogP contribution is 2.42. The first-order valence-corrected chi connectivity index (χ1v) is 23.9. The third kappa shape index (κ3) is 8.52. The predicted molar refractivity (Wildman–Crippen MR) is 249 cm³/mol. The van der Waals surface area contributed by atoms with E-state index in [4.69, 9.17) is 4.74 Å². The summed E-state index contributed by atoms with van der Waals surface area (Å²) in [4.78, 5) is 36.4. The van der Waals surface area contributed by atoms with Gasteiger partial charge in [-0.2, -0.15) is 0 Å². The average molecular weight is 897 g/mol. The lowest BCUT2D eigenvalue weighted by molar-refractivity contribution is 0.00910. The van der Waals surface area contributed by atoms with Gasteiger partial charge in [0.2, 0.25) is 0 Å². The van der Waals surface area contributed by atoms with Gasteiger partial charge in [-0.1, -0.05) is 0 Å². The topological polar surface area (TPSA) is 117 Å². The fourth-order valence-corrected chi connectivity index (χ4v) is 12.2. The summed E-state index contributed by atoms with van der Waals surface area (Å²) >= 11 is 6.24. The SMILES string of the molecule is C[C@@H]1NCCCC1c1cc2c(Nc3ccc4scnc4c3F)ccnc2s1.C[C@H]1C(c2cc3c(Nc4ccc5scnc5c4F)ccnc3s2)CCCN1C(=O)OC(C)(C)C. The molecule has 2 fully saturated rings. The number of hydrogen-bond donors (Lipinski definition) is 3. The molecule has 2 aliphatic rings. The van der Waals surface area contributed by atoms with Crippen molar-refractivity contribution in [2.75, 3.05) is 23.7 Å². The van der Waals surface area contributed by atoms with Gasteiger partial charge in [0.25, 0.3) is 0 Å². The van der Waals surface area contributed by atoms with Gasteiger partial charge in [0.1, 0.15) is 26.3 Å². The number of likely N-dealkylation sites (tertiary alicyclic amines) is 1. The zero-order chi connectivity index (χ0) is 42.4. The van der Waals surface area contributed by atoms with E-state index < -0.39 is 5.60 Å². The van der Waals surface area contributed by atoms with Gasteiger partial charge in [0.15, 0.2) is 11.6 Å². The number of rotatable bonds is 6. The summed E-state index contributed by atoms with van der Waals surface area (Å²) in [5, 5.41) is 12.1. The number of nitrogens with zero attached hydrogens (tertiary/aromatic N) is 5. The first-order chi connectivity index (χ1) is 29.4. The number of carbonyl (C=O) groups excluding carboxylic acids is 1. The summed E-state index contributed by atoms with van der Waals surface area (Å²) in [6.07, 6.45) is 7.55. The molecule has 61 heavy (non-hydrogen) atoms. The Morgan fingerprint density at radius 3 is 1.84 bits per heavy atom. The number of aromatic nitrogens is 4. The molecule has 3 N–H and O–H groups in total. The van der Waals surface area contributed by atoms with Gasteiger partial charge in [-0.15, -0.1) is 45.3 Å². The Bertz CT molecular complexity index is 2870. The molecule has 0 aliphatic carbocycles. The normalized spacial score (nSPS) is 19.6. The van der Waals surface area contributed by atoms with E-state index in [1.54, 1.807) is 58.2 Å². The van der Waals surface area contributed by atoms with Crippen molar-refractivity contribution in [2.45, 2.75) is 89.8 Å². The molecule has 2 aliphatic heterocycles. The van der Waals surface area contributed by atoms with Gasteiger partial charge < -0.3 is 25.6 Å². The number of pyridine rings is 2. The van der Waals surface area contributed by atoms with E-state index in [0.717, 1.165) is 60.6 Å². The van der Waals surface area contributed by atoms with Gasteiger partial charge in [0.05, 0.1) is 43.2 Å². The highest BCUT2D eigenvalue weighted by atomic mass is 32.1. The van der Waals surface area contributed by atoms with Crippen molar-refractivity contribution in [3.8, 4) is 0 Å². The molecule has 10 nitrogen and oxygen atoms in total. The van der Waals surface area contributed by atoms with Gasteiger partial charge >= 0.3 is 6.09 Å². The number of hydrogen-bond acceptors (Lipinski definition) is 13. The predicted octanol–water partition coefficient (Wildman–Crippen LogP) is 12.9. The molecule has 0 saturated carbocycles. The third-order valence-electron chi connectivity index (χ3n) is 11.4. The number of carbonyl (C=O) groups is 1. The third-order valence-corrected chi connectivity index (χ3v) is 15.4. The molecule has 0 radical (unpaired) electrons. The molecule has 1 amide bonds. The Labute approximate surface area is 368 Å². The van der Waals surface area contributed by atoms with Crippen LogP contribution in [-0.4, -0.2) is 61.7 Å². The van der Waals surface area contributed by atoms with Crippen molar-refractivity contribution in [3.05, 3.63) is 93.3 Å². The standard InChI is InChI=1S/C25H27FN4O2S2.C20H19FN4S2/c1-14-15(6-5-11-30(14)24(31)32-25(2,3)4)20-12-16-17(9-10-27-23(16)34-20)29-18-7-8-19-22(21(18)26)28-13-33-19;1-11-12(3-2-7-22-11)17-9-13-14(6-8-23-20(13)27-17)25-15-4-5-16-19(18(15)21)24-10-26-16/h7-10,12-15H,5-6,11H2,1-4H3,(H,27,29);4-6,8-12,22H,2-3,7H2,1H3,(H,23,25)/t14-,15?;11-,12?/m00/s1. The fraction of sp³-hybridized carbons (Fsp3) is 0.356. The van der Waals surface area contributed by atoms with E-state index >= 15 is 0 Å². The second kappa shape index (κ2) is 17.1. The number of anilines is 4. The van der Waals surface area contributed by atoms with Crippen LogP contribution in [0.3, 0.4) is 0 Å². The smallest absolute Gasteiger partial charge is 0.410 e. The van der Waals surface area contributed by atoms with Crippen molar-refractivity contribution in [2.24, 2.45) is 0 Å². The van der Waals surface area contributed by atoms with Crippen LogP contribution in [0.25, 0.3) is 40.9 Å². The Kier molecular flexibility index (Phi) is 11.6. The maximum absolute atomic E-state index is 15.0. The van der Waals surface area contributed by atoms with Crippen LogP contribution in [0.15, 0.2) is 71.9 Å². The van der Waals surface area contributed by atoms with E-state index in [-0.39, 0.29) is 29.7 Å². The summed E-state index contributed by atoms with van der Waals surface area (Å²) < 4.78 is 37.1. The monoisotopic (exact) mass is 896 g/mol. The quantitative estimate of drug-likeness (QED) is 0.150. The summed E-state index contributed by atoms with van der Waals surface area (Å²) in [7, 11) is 0. The van der Waals surface area contributed by atoms with Crippen LogP contribution in [0.1, 0.15) is 81.9 Å². The van der Waals surface area contributed by atoms with E-state index in [1.807, 2.05) is 49.9 Å². The number of benzene rings is 2. The van der Waals surface area contributed by atoms with Crippen LogP contribution >= 0.6 is 45.3 Å². The van der Waals surface area contributed by atoms with Crippen LogP contribution in [0.2, 0.25) is 0 Å². The molecule has 6 aromatic heterocycles. The minimum absolute atomic E-state index is 0.0117. The van der Waals surface area contributed by atoms with Crippen LogP contribution < -0.4 is 16.0 Å². The van der Waals surface area contributed by atoms with Crippen molar-refractivity contribution < 1.29 is 18.3 Å². The Morgan fingerprint density at radius 2 is 1.30 bits per heavy atom. The number of thiophene rings is 2. The van der Waals surface area contributed by atoms with Gasteiger partial charge in [-0.05, 0) is 115 Å². The Hall–Kier alpha value is -4.87. The average Bonchev–Trinajstić information content (AvgIpc) is 4.07. The van der Waals surface area contributed by atoms with Crippen molar-refractivity contribution in [1.29, 1.82) is 0 Å². The molecule has 316 valence electrons. The van der Waals surface area contributed by atoms with E-state index in [1.165, 1.54) is 45.3 Å². The van der Waals surface area contributed by atoms with Gasteiger partial charge in [-0.25, -0.2) is 33.5 Å². The highest BCUT2D eigenvalue weighted by Gasteiger charge is 2.35. The minimum Gasteiger partial charge on any atom is -0.444 e. The first kappa shape index (κ1) is 41.5. The number of halogens is 2. The van der Waals surface area contributed by atoms with E-state index in [9.17, 15) is 13.6 Å². The molecular weight excluding hydrogens is 851 g/mol. The molecule has 16 heteroatoms. The lowest BCUT2D eigenvalue weighted by Crippen LogP contribution is -2.47. The summed E-state index contributed by atoms with van der Waals surface area (Å²) in [5.41, 5.74) is 6.12. The highest BCUT2D eigenvalue weighted by molar-refractivity contribution is 7.19. The van der Waals surface area contributed by atoms with Crippen LogP contribution in [0.5, 0.6) is 0 Å². The number of nitrogens with one attached hydrogen (secondary N) is 3. The van der Waals surface area contributed by atoms with Crippen molar-refractivity contribution >= 4 is 115 Å². The summed E-state index contributed by atoms with van der Waals surface area (Å²) in [6, 6.07) is 15.9. The van der Waals surface area contributed by atoms with Crippen LogP contribution in [-0.2, 0) is 4.74 Å². The van der Waals surface area contributed by atoms with Crippen molar-refractivity contribution in [3.63, 3.8) is 0 Å². The number of ether oxygens (including phenoxy) is 1. The van der Waals surface area contributed by atoms with Gasteiger partial charge in [0, 0.05) is 63.4 Å². The maximum Gasteiger partial charge on any atom is 0.410 e. The molecule has 0 spiro atoms. The molecule has 2 saturated heterocycles. The van der Waals surface area contributed by atoms with Gasteiger partial charge in [-0.3, -0.25) is 0 Å². The molecular formula is C45H46F2N8O2S4. The largest absolute Gasteiger partial charge is 0.444 e. The zero-order valence-corrected chi connectivity index (χ0v) is 37.7. The number of amides is 1. The van der Waals surface area contributed by atoms with E-state index in [0.29, 0.717) is 40.9 Å². The first-order valence-electron chi connectivity index (χ1n) is 20.5. The van der Waals surface area contributed by atoms with Crippen LogP contribution in [0, 0.1) is 11.6 Å². The zero-order valence-electron chi connectivity index (χ0n) is 34.4. The molecule has 0 bridgehead atoms. The maximum atomic E-state index is 15.0. The summed E-state index contributed by atoms with van der Waals surface area (Å²) in [6.45, 7) is 11.8. The van der Waals surface area contributed by atoms with Crippen molar-refractivity contribution in [1.82, 2.24) is 30.2 Å². The summed E-state index contributed by atoms with van der Waals surface area (Å²) in [5.74, 6) is 0.0395. The fourth-order valence-electron chi connectivity index (χ4n) is 8.31. The molecule has 4 atom stereocenters. The Morgan fingerprint density at radius 1 is 0.754 bits per heavy atom. The Balaban J connectivity index is 0.000000160. The second-order valence-corrected chi connectivity index (χ2v) is 20.5. The lowest BCUT2D eigenvalue weighted by atomic mass is 9.89.